The van der Waals surface area contributed by atoms with Crippen LogP contribution in [0.25, 0.3) is 6.08 Å². The van der Waals surface area contributed by atoms with Gasteiger partial charge in [0.25, 0.3) is 11.1 Å². The molecule has 9 heteroatoms. The number of benzene rings is 1. The number of amides is 2. The molecule has 27 heavy (non-hydrogen) atoms. The Morgan fingerprint density at radius 2 is 1.93 bits per heavy atom. The Balaban J connectivity index is 2.02. The van der Waals surface area contributed by atoms with Crippen molar-refractivity contribution in [2.24, 2.45) is 0 Å². The van der Waals surface area contributed by atoms with Gasteiger partial charge in [-0.3, -0.25) is 19.3 Å². The van der Waals surface area contributed by atoms with Crippen molar-refractivity contribution in [2.75, 3.05) is 13.2 Å². The minimum atomic E-state index is -1.08. The van der Waals surface area contributed by atoms with Gasteiger partial charge in [-0.05, 0) is 48.9 Å². The number of carbonyl (C=O) groups excluding carboxylic acids is 3. The van der Waals surface area contributed by atoms with E-state index < -0.39 is 36.2 Å². The van der Waals surface area contributed by atoms with E-state index in [1.54, 1.807) is 31.2 Å². The summed E-state index contributed by atoms with van der Waals surface area (Å²) in [5.74, 6) is -1.90. The van der Waals surface area contributed by atoms with E-state index in [1.165, 1.54) is 6.08 Å². The van der Waals surface area contributed by atoms with Gasteiger partial charge in [0.05, 0.1) is 11.0 Å². The van der Waals surface area contributed by atoms with Crippen LogP contribution in [-0.4, -0.2) is 52.3 Å². The smallest absolute Gasteiger partial charge is 0.341 e. The second kappa shape index (κ2) is 9.22. The molecule has 0 spiro atoms. The summed E-state index contributed by atoms with van der Waals surface area (Å²) in [6.07, 6.45) is 1.88. The summed E-state index contributed by atoms with van der Waals surface area (Å²) < 4.78 is 10.1. The van der Waals surface area contributed by atoms with Crippen LogP contribution < -0.4 is 4.74 Å². The first-order valence-electron chi connectivity index (χ1n) is 8.19. The molecule has 1 atom stereocenters. The fourth-order valence-electron chi connectivity index (χ4n) is 2.07. The quantitative estimate of drug-likeness (QED) is 0.530. The molecule has 1 aliphatic heterocycles. The second-order valence-electron chi connectivity index (χ2n) is 5.73. The highest BCUT2D eigenvalue weighted by Gasteiger charge is 2.36. The zero-order valence-corrected chi connectivity index (χ0v) is 15.7. The molecular formula is C18H19NO7S. The molecule has 1 fully saturated rings. The van der Waals surface area contributed by atoms with Crippen molar-refractivity contribution in [3.63, 3.8) is 0 Å². The van der Waals surface area contributed by atoms with Crippen LogP contribution in [0.1, 0.15) is 25.8 Å². The molecule has 0 aliphatic carbocycles. The van der Waals surface area contributed by atoms with Gasteiger partial charge in [-0.2, -0.15) is 0 Å². The van der Waals surface area contributed by atoms with Crippen molar-refractivity contribution in [2.45, 2.75) is 26.4 Å². The monoisotopic (exact) mass is 393 g/mol. The molecule has 0 radical (unpaired) electrons. The Bertz CT molecular complexity index is 772. The molecule has 1 unspecified atom stereocenters. The number of nitrogens with zero attached hydrogens (tertiary/aromatic N) is 1. The van der Waals surface area contributed by atoms with E-state index in [-0.39, 0.29) is 11.0 Å². The molecule has 1 heterocycles. The van der Waals surface area contributed by atoms with E-state index in [0.717, 1.165) is 16.7 Å². The van der Waals surface area contributed by atoms with Crippen molar-refractivity contribution in [1.82, 2.24) is 4.90 Å². The van der Waals surface area contributed by atoms with Crippen molar-refractivity contribution >= 4 is 40.9 Å². The summed E-state index contributed by atoms with van der Waals surface area (Å²) in [7, 11) is 0. The molecule has 1 aromatic rings. The van der Waals surface area contributed by atoms with E-state index >= 15 is 0 Å². The molecule has 1 N–H and O–H groups in total. The van der Waals surface area contributed by atoms with Crippen LogP contribution in [0.4, 0.5) is 4.79 Å². The number of thioether (sulfide) groups is 1. The molecule has 144 valence electrons. The Hall–Kier alpha value is -2.81. The van der Waals surface area contributed by atoms with Crippen molar-refractivity contribution in [1.29, 1.82) is 0 Å². The van der Waals surface area contributed by atoms with E-state index in [0.29, 0.717) is 17.7 Å². The standard InChI is InChI=1S/C18H19NO7S/c1-3-11(2)26-16(22)9-19-17(23)14(27-18(19)24)8-12-4-6-13(7-5-12)25-10-15(20)21/h4-8,11H,3,9-10H2,1-2H3,(H,20,21)/b14-8-. The Labute approximate surface area is 160 Å². The Kier molecular flexibility index (Phi) is 7.00. The third-order valence-electron chi connectivity index (χ3n) is 3.61. The third-order valence-corrected chi connectivity index (χ3v) is 4.52. The van der Waals surface area contributed by atoms with E-state index in [4.69, 9.17) is 14.6 Å². The number of esters is 1. The number of ether oxygens (including phenoxy) is 2. The van der Waals surface area contributed by atoms with Crippen LogP contribution in [0.5, 0.6) is 5.75 Å². The molecule has 0 saturated carbocycles. The van der Waals surface area contributed by atoms with Crippen LogP contribution in [0.3, 0.4) is 0 Å². The number of imide groups is 1. The van der Waals surface area contributed by atoms with Crippen LogP contribution in [0, 0.1) is 0 Å². The zero-order chi connectivity index (χ0) is 20.0. The van der Waals surface area contributed by atoms with E-state index in [9.17, 15) is 19.2 Å². The van der Waals surface area contributed by atoms with Gasteiger partial charge in [-0.25, -0.2) is 4.79 Å². The minimum Gasteiger partial charge on any atom is -0.482 e. The SMILES string of the molecule is CCC(C)OC(=O)CN1C(=O)S/C(=C\c2ccc(OCC(=O)O)cc2)C1=O. The number of rotatable bonds is 8. The fourth-order valence-corrected chi connectivity index (χ4v) is 2.91. The zero-order valence-electron chi connectivity index (χ0n) is 14.8. The van der Waals surface area contributed by atoms with Crippen LogP contribution in [-0.2, 0) is 19.1 Å². The lowest BCUT2D eigenvalue weighted by atomic mass is 10.2. The van der Waals surface area contributed by atoms with Crippen molar-refractivity contribution in [3.05, 3.63) is 34.7 Å². The normalized spacial score (nSPS) is 16.5. The fraction of sp³-hybridized carbons (Fsp3) is 0.333. The van der Waals surface area contributed by atoms with Gasteiger partial charge in [-0.15, -0.1) is 0 Å². The molecule has 1 saturated heterocycles. The summed E-state index contributed by atoms with van der Waals surface area (Å²) in [6.45, 7) is 2.72. The number of hydrogen-bond acceptors (Lipinski definition) is 7. The lowest BCUT2D eigenvalue weighted by Crippen LogP contribution is -2.35. The molecule has 0 aromatic heterocycles. The maximum atomic E-state index is 12.4. The first kappa shape index (κ1) is 20.5. The summed E-state index contributed by atoms with van der Waals surface area (Å²) >= 11 is 0.743. The van der Waals surface area contributed by atoms with Gasteiger partial charge in [-0.1, -0.05) is 19.1 Å². The number of carboxylic acids is 1. The molecule has 2 amide bonds. The van der Waals surface area contributed by atoms with Gasteiger partial charge < -0.3 is 14.6 Å². The number of hydrogen-bond donors (Lipinski definition) is 1. The van der Waals surface area contributed by atoms with Crippen molar-refractivity contribution < 1.29 is 33.8 Å². The van der Waals surface area contributed by atoms with Gasteiger partial charge in [0.1, 0.15) is 12.3 Å². The van der Waals surface area contributed by atoms with E-state index in [2.05, 4.69) is 0 Å². The van der Waals surface area contributed by atoms with Gasteiger partial charge in [0.2, 0.25) is 0 Å². The van der Waals surface area contributed by atoms with Gasteiger partial charge >= 0.3 is 11.9 Å². The lowest BCUT2D eigenvalue weighted by molar-refractivity contribution is -0.150. The number of carboxylic acid groups (broad SMARTS) is 1. The van der Waals surface area contributed by atoms with Crippen molar-refractivity contribution in [3.8, 4) is 5.75 Å². The minimum absolute atomic E-state index is 0.190. The second-order valence-corrected chi connectivity index (χ2v) is 6.72. The molecular weight excluding hydrogens is 374 g/mol. The third kappa shape index (κ3) is 5.85. The average Bonchev–Trinajstić information content (AvgIpc) is 2.88. The van der Waals surface area contributed by atoms with Crippen LogP contribution >= 0.6 is 11.8 Å². The molecule has 8 nitrogen and oxygen atoms in total. The Morgan fingerprint density at radius 3 is 2.52 bits per heavy atom. The average molecular weight is 393 g/mol. The summed E-state index contributed by atoms with van der Waals surface area (Å²) in [5, 5.41) is 8.04. The number of carbonyl (C=O) groups is 4. The predicted molar refractivity (Wildman–Crippen MR) is 98.1 cm³/mol. The topological polar surface area (TPSA) is 110 Å². The molecule has 2 rings (SSSR count). The Morgan fingerprint density at radius 1 is 1.26 bits per heavy atom. The lowest BCUT2D eigenvalue weighted by Gasteiger charge is -2.14. The first-order valence-corrected chi connectivity index (χ1v) is 9.01. The maximum absolute atomic E-state index is 12.4. The summed E-state index contributed by atoms with van der Waals surface area (Å²) in [5.41, 5.74) is 0.630. The number of aliphatic carboxylic acids is 1. The maximum Gasteiger partial charge on any atom is 0.341 e. The van der Waals surface area contributed by atoms with Gasteiger partial charge in [0, 0.05) is 0 Å². The van der Waals surface area contributed by atoms with Gasteiger partial charge in [0.15, 0.2) is 6.61 Å². The highest BCUT2D eigenvalue weighted by atomic mass is 32.2. The highest BCUT2D eigenvalue weighted by molar-refractivity contribution is 8.18. The summed E-state index contributed by atoms with van der Waals surface area (Å²) in [4.78, 5) is 47.7. The molecule has 1 aliphatic rings. The van der Waals surface area contributed by atoms with E-state index in [1.807, 2.05) is 6.92 Å². The van der Waals surface area contributed by atoms with Crippen LogP contribution in [0.15, 0.2) is 29.2 Å². The molecule has 1 aromatic carbocycles. The predicted octanol–water partition coefficient (Wildman–Crippen LogP) is 2.53. The first-order chi connectivity index (χ1) is 12.8. The van der Waals surface area contributed by atoms with Crippen LogP contribution in [0.2, 0.25) is 0 Å². The highest BCUT2D eigenvalue weighted by Crippen LogP contribution is 2.32. The largest absolute Gasteiger partial charge is 0.482 e. The summed E-state index contributed by atoms with van der Waals surface area (Å²) in [6, 6.07) is 6.37. The molecule has 0 bridgehead atoms.